The van der Waals surface area contributed by atoms with Gasteiger partial charge in [-0.15, -0.1) is 0 Å². The van der Waals surface area contributed by atoms with Gasteiger partial charge in [0.15, 0.2) is 5.78 Å². The van der Waals surface area contributed by atoms with Crippen molar-refractivity contribution in [3.63, 3.8) is 0 Å². The van der Waals surface area contributed by atoms with Crippen molar-refractivity contribution < 1.29 is 4.79 Å². The molecule has 0 amide bonds. The lowest BCUT2D eigenvalue weighted by Gasteiger charge is -2.42. The van der Waals surface area contributed by atoms with E-state index in [9.17, 15) is 4.79 Å². The minimum atomic E-state index is -0.0486. The molecule has 0 aromatic rings. The van der Waals surface area contributed by atoms with Crippen LogP contribution in [0, 0.1) is 17.3 Å². The topological polar surface area (TPSA) is 17.1 Å². The van der Waals surface area contributed by atoms with Crippen LogP contribution in [-0.4, -0.2) is 5.78 Å². The largest absolute Gasteiger partial charge is 0.294 e. The first-order valence-electron chi connectivity index (χ1n) is 9.29. The molecule has 0 aliphatic heterocycles. The van der Waals surface area contributed by atoms with Crippen molar-refractivity contribution in [3.8, 4) is 0 Å². The Morgan fingerprint density at radius 2 is 1.62 bits per heavy atom. The summed E-state index contributed by atoms with van der Waals surface area (Å²) in [6, 6.07) is 0. The van der Waals surface area contributed by atoms with Crippen LogP contribution < -0.4 is 0 Å². The molecule has 0 aromatic heterocycles. The van der Waals surface area contributed by atoms with Crippen LogP contribution in [0.2, 0.25) is 0 Å². The van der Waals surface area contributed by atoms with Gasteiger partial charge in [-0.25, -0.2) is 0 Å². The van der Waals surface area contributed by atoms with Gasteiger partial charge in [0.1, 0.15) is 0 Å². The van der Waals surface area contributed by atoms with Crippen LogP contribution >= 0.6 is 0 Å². The summed E-state index contributed by atoms with van der Waals surface area (Å²) in [7, 11) is 0. The lowest BCUT2D eigenvalue weighted by molar-refractivity contribution is -0.128. The summed E-state index contributed by atoms with van der Waals surface area (Å²) in [5.41, 5.74) is 0.731. The Bertz CT molecular complexity index is 354. The number of hydrogen-bond acceptors (Lipinski definition) is 1. The average molecular weight is 290 g/mol. The van der Waals surface area contributed by atoms with Gasteiger partial charge >= 0.3 is 0 Å². The van der Waals surface area contributed by atoms with Gasteiger partial charge in [-0.05, 0) is 56.4 Å². The Labute approximate surface area is 131 Å². The minimum Gasteiger partial charge on any atom is -0.294 e. The third-order valence-electron chi connectivity index (χ3n) is 6.18. The molecule has 0 N–H and O–H groups in total. The van der Waals surface area contributed by atoms with E-state index < -0.39 is 0 Å². The molecule has 0 bridgehead atoms. The Morgan fingerprint density at radius 3 is 2.14 bits per heavy atom. The number of rotatable bonds is 6. The summed E-state index contributed by atoms with van der Waals surface area (Å²) >= 11 is 0. The second-order valence-corrected chi connectivity index (χ2v) is 7.73. The fraction of sp³-hybridized carbons (Fsp3) is 0.850. The lowest BCUT2D eigenvalue weighted by atomic mass is 9.61. The molecule has 120 valence electrons. The van der Waals surface area contributed by atoms with Crippen LogP contribution in [0.5, 0.6) is 0 Å². The minimum absolute atomic E-state index is 0.0486. The molecule has 2 aliphatic rings. The Morgan fingerprint density at radius 1 is 1.05 bits per heavy atom. The van der Waals surface area contributed by atoms with Crippen molar-refractivity contribution in [2.24, 2.45) is 17.3 Å². The zero-order valence-corrected chi connectivity index (χ0v) is 14.3. The number of carbonyl (C=O) groups excluding carboxylic acids is 1. The van der Waals surface area contributed by atoms with Crippen LogP contribution in [0.4, 0.5) is 0 Å². The number of ketones is 1. The number of hydrogen-bond donors (Lipinski definition) is 0. The normalized spacial score (nSPS) is 31.0. The Hall–Kier alpha value is -0.590. The molecule has 0 aromatic carbocycles. The highest BCUT2D eigenvalue weighted by atomic mass is 16.1. The van der Waals surface area contributed by atoms with E-state index in [2.05, 4.69) is 13.5 Å². The summed E-state index contributed by atoms with van der Waals surface area (Å²) in [6.07, 6.45) is 15.5. The van der Waals surface area contributed by atoms with E-state index in [1.807, 2.05) is 6.92 Å². The van der Waals surface area contributed by atoms with Crippen LogP contribution in [0.1, 0.15) is 90.9 Å². The molecule has 2 rings (SSSR count). The average Bonchev–Trinajstić information content (AvgIpc) is 2.53. The van der Waals surface area contributed by atoms with E-state index in [0.717, 1.165) is 36.7 Å². The molecule has 0 saturated heterocycles. The highest BCUT2D eigenvalue weighted by Gasteiger charge is 2.42. The molecule has 1 heteroatoms. The SMILES string of the molecule is C=C(C)C(=O)C1(CCCC)CCC(C2CCCCC2)CC1. The van der Waals surface area contributed by atoms with Crippen LogP contribution in [-0.2, 0) is 4.79 Å². The first-order chi connectivity index (χ1) is 10.1. The summed E-state index contributed by atoms with van der Waals surface area (Å²) < 4.78 is 0. The molecule has 0 spiro atoms. The summed E-state index contributed by atoms with van der Waals surface area (Å²) in [5, 5.41) is 0. The molecule has 0 atom stereocenters. The molecule has 0 radical (unpaired) electrons. The van der Waals surface area contributed by atoms with E-state index >= 15 is 0 Å². The number of carbonyl (C=O) groups is 1. The van der Waals surface area contributed by atoms with Gasteiger partial charge in [-0.1, -0.05) is 58.4 Å². The third kappa shape index (κ3) is 3.99. The van der Waals surface area contributed by atoms with Crippen molar-refractivity contribution in [2.45, 2.75) is 90.9 Å². The second kappa shape index (κ2) is 7.61. The first kappa shape index (κ1) is 16.8. The highest BCUT2D eigenvalue weighted by Crippen LogP contribution is 2.48. The third-order valence-corrected chi connectivity index (χ3v) is 6.18. The van der Waals surface area contributed by atoms with Gasteiger partial charge in [0, 0.05) is 5.41 Å². The van der Waals surface area contributed by atoms with Crippen molar-refractivity contribution in [3.05, 3.63) is 12.2 Å². The molecular formula is C20H34O. The fourth-order valence-electron chi connectivity index (χ4n) is 4.83. The Kier molecular flexibility index (Phi) is 6.08. The molecular weight excluding hydrogens is 256 g/mol. The van der Waals surface area contributed by atoms with Gasteiger partial charge in [0.05, 0.1) is 0 Å². The quantitative estimate of drug-likeness (QED) is 0.542. The highest BCUT2D eigenvalue weighted by molar-refractivity contribution is 5.98. The summed E-state index contributed by atoms with van der Waals surface area (Å²) in [5.74, 6) is 2.24. The van der Waals surface area contributed by atoms with Crippen molar-refractivity contribution in [1.82, 2.24) is 0 Å². The summed E-state index contributed by atoms with van der Waals surface area (Å²) in [4.78, 5) is 12.7. The lowest BCUT2D eigenvalue weighted by Crippen LogP contribution is -2.37. The van der Waals surface area contributed by atoms with Gasteiger partial charge < -0.3 is 0 Å². The standard InChI is InChI=1S/C20H34O/c1-4-5-13-20(19(21)16(2)3)14-11-18(12-15-20)17-9-7-6-8-10-17/h17-18H,2,4-15H2,1,3H3. The van der Waals surface area contributed by atoms with E-state index in [1.165, 1.54) is 57.8 Å². The zero-order valence-electron chi connectivity index (χ0n) is 14.3. The fourth-order valence-corrected chi connectivity index (χ4v) is 4.83. The smallest absolute Gasteiger partial charge is 0.164 e. The molecule has 1 nitrogen and oxygen atoms in total. The van der Waals surface area contributed by atoms with E-state index in [0.29, 0.717) is 5.78 Å². The number of Topliss-reactive ketones (excluding diaryl/α,β-unsaturated/α-hetero) is 1. The van der Waals surface area contributed by atoms with Crippen LogP contribution in [0.3, 0.4) is 0 Å². The maximum atomic E-state index is 12.7. The predicted octanol–water partition coefficient (Wildman–Crippen LogP) is 6.08. The molecule has 0 heterocycles. The van der Waals surface area contributed by atoms with Gasteiger partial charge in [-0.3, -0.25) is 4.79 Å². The van der Waals surface area contributed by atoms with Crippen molar-refractivity contribution in [2.75, 3.05) is 0 Å². The van der Waals surface area contributed by atoms with Gasteiger partial charge in [0.2, 0.25) is 0 Å². The van der Waals surface area contributed by atoms with E-state index in [1.54, 1.807) is 0 Å². The summed E-state index contributed by atoms with van der Waals surface area (Å²) in [6.45, 7) is 8.08. The zero-order chi connectivity index (χ0) is 15.3. The van der Waals surface area contributed by atoms with Crippen LogP contribution in [0.25, 0.3) is 0 Å². The van der Waals surface area contributed by atoms with Gasteiger partial charge in [-0.2, -0.15) is 0 Å². The predicted molar refractivity (Wildman–Crippen MR) is 90.3 cm³/mol. The van der Waals surface area contributed by atoms with Crippen molar-refractivity contribution >= 4 is 5.78 Å². The van der Waals surface area contributed by atoms with E-state index in [-0.39, 0.29) is 5.41 Å². The van der Waals surface area contributed by atoms with Crippen LogP contribution in [0.15, 0.2) is 12.2 Å². The van der Waals surface area contributed by atoms with E-state index in [4.69, 9.17) is 0 Å². The maximum absolute atomic E-state index is 12.7. The second-order valence-electron chi connectivity index (χ2n) is 7.73. The molecule has 0 unspecified atom stereocenters. The number of allylic oxidation sites excluding steroid dienone is 1. The first-order valence-corrected chi connectivity index (χ1v) is 9.29. The molecule has 2 saturated carbocycles. The monoisotopic (exact) mass is 290 g/mol. The molecule has 2 fully saturated rings. The molecule has 21 heavy (non-hydrogen) atoms. The molecule has 2 aliphatic carbocycles. The maximum Gasteiger partial charge on any atom is 0.164 e. The van der Waals surface area contributed by atoms with Crippen molar-refractivity contribution in [1.29, 1.82) is 0 Å². The Balaban J connectivity index is 1.98. The van der Waals surface area contributed by atoms with Gasteiger partial charge in [0.25, 0.3) is 0 Å². The number of unbranched alkanes of at least 4 members (excludes halogenated alkanes) is 1.